The van der Waals surface area contributed by atoms with Crippen molar-refractivity contribution in [2.75, 3.05) is 0 Å². The molecular formula is C17H19F2N. The highest BCUT2D eigenvalue weighted by Crippen LogP contribution is 2.14. The van der Waals surface area contributed by atoms with Gasteiger partial charge in [0.2, 0.25) is 0 Å². The van der Waals surface area contributed by atoms with Crippen molar-refractivity contribution in [3.8, 4) is 0 Å². The lowest BCUT2D eigenvalue weighted by atomic mass is 9.99. The molecule has 2 aromatic rings. The summed E-state index contributed by atoms with van der Waals surface area (Å²) in [4.78, 5) is 0. The lowest BCUT2D eigenvalue weighted by molar-refractivity contribution is 0.553. The van der Waals surface area contributed by atoms with Crippen molar-refractivity contribution in [2.24, 2.45) is 5.73 Å². The van der Waals surface area contributed by atoms with E-state index in [1.54, 1.807) is 0 Å². The third-order valence-corrected chi connectivity index (χ3v) is 3.38. The second-order valence-corrected chi connectivity index (χ2v) is 5.23. The highest BCUT2D eigenvalue weighted by molar-refractivity contribution is 5.23. The summed E-state index contributed by atoms with van der Waals surface area (Å²) in [6.07, 6.45) is 1.95. The fourth-order valence-electron chi connectivity index (χ4n) is 2.30. The van der Waals surface area contributed by atoms with Crippen molar-refractivity contribution >= 4 is 0 Å². The van der Waals surface area contributed by atoms with Crippen LogP contribution in [-0.2, 0) is 12.8 Å². The van der Waals surface area contributed by atoms with E-state index in [9.17, 15) is 8.78 Å². The Morgan fingerprint density at radius 2 is 1.90 bits per heavy atom. The molecule has 0 spiro atoms. The van der Waals surface area contributed by atoms with Gasteiger partial charge >= 0.3 is 0 Å². The van der Waals surface area contributed by atoms with Gasteiger partial charge in [0.15, 0.2) is 0 Å². The standard InChI is InChI=1S/C17H19F2N/c1-12-3-2-4-13(9-12)5-7-16(20)11-14-10-15(18)6-8-17(14)19/h2-4,6,8-10,16H,5,7,11,20H2,1H3. The maximum Gasteiger partial charge on any atom is 0.126 e. The second kappa shape index (κ2) is 6.62. The molecule has 0 saturated carbocycles. The quantitative estimate of drug-likeness (QED) is 0.883. The van der Waals surface area contributed by atoms with Crippen LogP contribution < -0.4 is 5.73 Å². The Kier molecular flexibility index (Phi) is 4.85. The SMILES string of the molecule is Cc1cccc(CCC(N)Cc2cc(F)ccc2F)c1. The van der Waals surface area contributed by atoms with E-state index in [-0.39, 0.29) is 6.04 Å². The molecule has 0 radical (unpaired) electrons. The zero-order chi connectivity index (χ0) is 14.5. The van der Waals surface area contributed by atoms with E-state index in [4.69, 9.17) is 5.73 Å². The summed E-state index contributed by atoms with van der Waals surface area (Å²) in [6.45, 7) is 2.05. The molecule has 0 fully saturated rings. The van der Waals surface area contributed by atoms with Crippen LogP contribution in [0, 0.1) is 18.6 Å². The van der Waals surface area contributed by atoms with Crippen LogP contribution in [0.1, 0.15) is 23.1 Å². The molecule has 1 nitrogen and oxygen atoms in total. The van der Waals surface area contributed by atoms with Gasteiger partial charge in [-0.25, -0.2) is 8.78 Å². The molecule has 0 amide bonds. The molecule has 0 aromatic heterocycles. The molecule has 0 aliphatic rings. The fraction of sp³-hybridized carbons (Fsp3) is 0.294. The second-order valence-electron chi connectivity index (χ2n) is 5.23. The van der Waals surface area contributed by atoms with Gasteiger partial charge in [0.05, 0.1) is 0 Å². The number of benzene rings is 2. The molecule has 0 bridgehead atoms. The summed E-state index contributed by atoms with van der Waals surface area (Å²) in [6, 6.07) is 11.6. The van der Waals surface area contributed by atoms with Gasteiger partial charge in [-0.3, -0.25) is 0 Å². The van der Waals surface area contributed by atoms with Gasteiger partial charge < -0.3 is 5.73 Å². The lowest BCUT2D eigenvalue weighted by Gasteiger charge is -2.12. The molecule has 1 unspecified atom stereocenters. The highest BCUT2D eigenvalue weighted by Gasteiger charge is 2.10. The van der Waals surface area contributed by atoms with Crippen LogP contribution in [0.25, 0.3) is 0 Å². The lowest BCUT2D eigenvalue weighted by Crippen LogP contribution is -2.24. The van der Waals surface area contributed by atoms with Gasteiger partial charge in [-0.05, 0) is 55.5 Å². The Bertz CT molecular complexity index is 581. The molecule has 2 N–H and O–H groups in total. The Hall–Kier alpha value is -1.74. The normalized spacial score (nSPS) is 12.4. The molecule has 0 saturated heterocycles. The van der Waals surface area contributed by atoms with Gasteiger partial charge in [0.1, 0.15) is 11.6 Å². The van der Waals surface area contributed by atoms with Crippen LogP contribution in [0.5, 0.6) is 0 Å². The average molecular weight is 275 g/mol. The molecule has 0 aliphatic heterocycles. The van der Waals surface area contributed by atoms with Crippen LogP contribution >= 0.6 is 0 Å². The minimum absolute atomic E-state index is 0.174. The van der Waals surface area contributed by atoms with Crippen molar-refractivity contribution in [3.05, 3.63) is 70.8 Å². The van der Waals surface area contributed by atoms with Crippen molar-refractivity contribution in [3.63, 3.8) is 0 Å². The van der Waals surface area contributed by atoms with Gasteiger partial charge in [-0.15, -0.1) is 0 Å². The predicted molar refractivity (Wildman–Crippen MR) is 77.5 cm³/mol. The van der Waals surface area contributed by atoms with Gasteiger partial charge in [0.25, 0.3) is 0 Å². The summed E-state index contributed by atoms with van der Waals surface area (Å²) in [5.41, 5.74) is 8.81. The number of hydrogen-bond donors (Lipinski definition) is 1. The zero-order valence-electron chi connectivity index (χ0n) is 11.6. The Balaban J connectivity index is 1.92. The van der Waals surface area contributed by atoms with Gasteiger partial charge in [0, 0.05) is 6.04 Å². The van der Waals surface area contributed by atoms with E-state index in [2.05, 4.69) is 12.1 Å². The molecule has 1 atom stereocenters. The molecule has 106 valence electrons. The number of rotatable bonds is 5. The van der Waals surface area contributed by atoms with Crippen LogP contribution in [0.15, 0.2) is 42.5 Å². The third kappa shape index (κ3) is 4.14. The predicted octanol–water partition coefficient (Wildman–Crippen LogP) is 3.78. The third-order valence-electron chi connectivity index (χ3n) is 3.38. The maximum absolute atomic E-state index is 13.5. The van der Waals surface area contributed by atoms with E-state index >= 15 is 0 Å². The van der Waals surface area contributed by atoms with Crippen LogP contribution in [0.2, 0.25) is 0 Å². The molecule has 2 rings (SSSR count). The van der Waals surface area contributed by atoms with Gasteiger partial charge in [-0.2, -0.15) is 0 Å². The Labute approximate surface area is 118 Å². The number of aryl methyl sites for hydroxylation is 2. The van der Waals surface area contributed by atoms with E-state index in [0.29, 0.717) is 12.0 Å². The Morgan fingerprint density at radius 3 is 2.65 bits per heavy atom. The number of hydrogen-bond acceptors (Lipinski definition) is 1. The van der Waals surface area contributed by atoms with Crippen molar-refractivity contribution in [2.45, 2.75) is 32.2 Å². The van der Waals surface area contributed by atoms with Crippen molar-refractivity contribution in [1.29, 1.82) is 0 Å². The number of nitrogens with two attached hydrogens (primary N) is 1. The van der Waals surface area contributed by atoms with E-state index in [0.717, 1.165) is 25.0 Å². The maximum atomic E-state index is 13.5. The smallest absolute Gasteiger partial charge is 0.126 e. The topological polar surface area (TPSA) is 26.0 Å². The van der Waals surface area contributed by atoms with Gasteiger partial charge in [-0.1, -0.05) is 29.8 Å². The molecule has 0 heterocycles. The first-order valence-electron chi connectivity index (χ1n) is 6.79. The zero-order valence-corrected chi connectivity index (χ0v) is 11.6. The first-order valence-corrected chi connectivity index (χ1v) is 6.79. The summed E-state index contributed by atoms with van der Waals surface area (Å²) in [5, 5.41) is 0. The van der Waals surface area contributed by atoms with E-state index in [1.165, 1.54) is 17.2 Å². The molecule has 3 heteroatoms. The average Bonchev–Trinajstić information content (AvgIpc) is 2.41. The minimum atomic E-state index is -0.424. The van der Waals surface area contributed by atoms with Crippen LogP contribution in [-0.4, -0.2) is 6.04 Å². The summed E-state index contributed by atoms with van der Waals surface area (Å²) in [7, 11) is 0. The van der Waals surface area contributed by atoms with Crippen LogP contribution in [0.4, 0.5) is 8.78 Å². The molecular weight excluding hydrogens is 256 g/mol. The highest BCUT2D eigenvalue weighted by atomic mass is 19.1. The molecule has 20 heavy (non-hydrogen) atoms. The van der Waals surface area contributed by atoms with Crippen molar-refractivity contribution in [1.82, 2.24) is 0 Å². The molecule has 2 aromatic carbocycles. The monoisotopic (exact) mass is 275 g/mol. The van der Waals surface area contributed by atoms with Crippen LogP contribution in [0.3, 0.4) is 0 Å². The van der Waals surface area contributed by atoms with E-state index in [1.807, 2.05) is 19.1 Å². The first-order chi connectivity index (χ1) is 9.54. The minimum Gasteiger partial charge on any atom is -0.327 e. The molecule has 0 aliphatic carbocycles. The van der Waals surface area contributed by atoms with Crippen molar-refractivity contribution < 1.29 is 8.78 Å². The summed E-state index contributed by atoms with van der Waals surface area (Å²) >= 11 is 0. The summed E-state index contributed by atoms with van der Waals surface area (Å²) in [5.74, 6) is -0.815. The largest absolute Gasteiger partial charge is 0.327 e. The summed E-state index contributed by atoms with van der Waals surface area (Å²) < 4.78 is 26.6. The van der Waals surface area contributed by atoms with E-state index < -0.39 is 11.6 Å². The fourth-order valence-corrected chi connectivity index (χ4v) is 2.30. The first kappa shape index (κ1) is 14.7. The number of halogens is 2. The Morgan fingerprint density at radius 1 is 1.10 bits per heavy atom.